The number of rotatable bonds is 8. The number of benzene rings is 1. The Morgan fingerprint density at radius 1 is 1.29 bits per heavy atom. The third-order valence-electron chi connectivity index (χ3n) is 3.25. The van der Waals surface area contributed by atoms with Crippen molar-refractivity contribution >= 4 is 17.6 Å². The Labute approximate surface area is 125 Å². The molecule has 21 heavy (non-hydrogen) atoms. The van der Waals surface area contributed by atoms with Gasteiger partial charge in [-0.3, -0.25) is 9.59 Å². The van der Waals surface area contributed by atoms with Crippen LogP contribution in [0.3, 0.4) is 0 Å². The molecule has 1 amide bonds. The number of carboxylic acid groups (broad SMARTS) is 1. The molecular formula is C16H24N2O3. The van der Waals surface area contributed by atoms with Gasteiger partial charge in [-0.2, -0.15) is 0 Å². The van der Waals surface area contributed by atoms with Crippen LogP contribution in [0.1, 0.15) is 32.3 Å². The van der Waals surface area contributed by atoms with E-state index in [0.717, 1.165) is 6.42 Å². The lowest BCUT2D eigenvalue weighted by Gasteiger charge is -2.17. The summed E-state index contributed by atoms with van der Waals surface area (Å²) in [6.07, 6.45) is 1.15. The predicted octanol–water partition coefficient (Wildman–Crippen LogP) is 2.26. The van der Waals surface area contributed by atoms with Crippen LogP contribution >= 0.6 is 0 Å². The fourth-order valence-corrected chi connectivity index (χ4v) is 2.35. The number of hydrogen-bond acceptors (Lipinski definition) is 3. The highest BCUT2D eigenvalue weighted by molar-refractivity contribution is 5.92. The highest BCUT2D eigenvalue weighted by Gasteiger charge is 2.15. The van der Waals surface area contributed by atoms with E-state index < -0.39 is 5.97 Å². The van der Waals surface area contributed by atoms with Crippen molar-refractivity contribution in [2.24, 2.45) is 17.6 Å². The summed E-state index contributed by atoms with van der Waals surface area (Å²) >= 11 is 0. The Hall–Kier alpha value is -1.88. The van der Waals surface area contributed by atoms with Crippen molar-refractivity contribution in [3.8, 4) is 0 Å². The molecule has 1 rings (SSSR count). The number of carboxylic acids is 1. The molecule has 0 fully saturated rings. The van der Waals surface area contributed by atoms with E-state index in [0.29, 0.717) is 30.1 Å². The minimum atomic E-state index is -0.920. The van der Waals surface area contributed by atoms with Gasteiger partial charge in [0, 0.05) is 12.1 Å². The maximum Gasteiger partial charge on any atom is 0.307 e. The number of para-hydroxylation sites is 1. The van der Waals surface area contributed by atoms with Gasteiger partial charge in [-0.1, -0.05) is 32.0 Å². The third kappa shape index (κ3) is 6.40. The van der Waals surface area contributed by atoms with Crippen LogP contribution in [0.4, 0.5) is 5.69 Å². The highest BCUT2D eigenvalue weighted by Crippen LogP contribution is 2.19. The van der Waals surface area contributed by atoms with Gasteiger partial charge < -0.3 is 16.2 Å². The Balaban J connectivity index is 2.68. The minimum Gasteiger partial charge on any atom is -0.481 e. The Morgan fingerprint density at radius 3 is 2.52 bits per heavy atom. The van der Waals surface area contributed by atoms with Crippen LogP contribution in [0.2, 0.25) is 0 Å². The SMILES string of the molecule is CC(C)C[C@H](CN)CC(=O)Nc1ccccc1CC(=O)O. The fraction of sp³-hybridized carbons (Fsp3) is 0.500. The van der Waals surface area contributed by atoms with Crippen LogP contribution in [-0.4, -0.2) is 23.5 Å². The number of aliphatic carboxylic acids is 1. The van der Waals surface area contributed by atoms with Crippen LogP contribution in [0.5, 0.6) is 0 Å². The molecule has 1 atom stereocenters. The molecule has 0 radical (unpaired) electrons. The van der Waals surface area contributed by atoms with Gasteiger partial charge in [0.2, 0.25) is 5.91 Å². The first kappa shape index (κ1) is 17.2. The van der Waals surface area contributed by atoms with E-state index in [2.05, 4.69) is 19.2 Å². The summed E-state index contributed by atoms with van der Waals surface area (Å²) in [5.74, 6) is -0.400. The molecule has 0 heterocycles. The van der Waals surface area contributed by atoms with Gasteiger partial charge in [0.15, 0.2) is 0 Å². The van der Waals surface area contributed by atoms with Crippen LogP contribution in [0.15, 0.2) is 24.3 Å². The summed E-state index contributed by atoms with van der Waals surface area (Å²) in [5, 5.41) is 11.7. The number of carbonyl (C=O) groups excluding carboxylic acids is 1. The molecule has 0 aliphatic carbocycles. The third-order valence-corrected chi connectivity index (χ3v) is 3.25. The van der Waals surface area contributed by atoms with E-state index in [4.69, 9.17) is 10.8 Å². The number of carbonyl (C=O) groups is 2. The summed E-state index contributed by atoms with van der Waals surface area (Å²) in [6.45, 7) is 4.67. The molecule has 5 heteroatoms. The first-order valence-corrected chi connectivity index (χ1v) is 7.22. The summed E-state index contributed by atoms with van der Waals surface area (Å²) in [7, 11) is 0. The first-order chi connectivity index (χ1) is 9.92. The lowest BCUT2D eigenvalue weighted by atomic mass is 9.94. The zero-order chi connectivity index (χ0) is 15.8. The van der Waals surface area contributed by atoms with E-state index in [1.54, 1.807) is 24.3 Å². The fourth-order valence-electron chi connectivity index (χ4n) is 2.35. The lowest BCUT2D eigenvalue weighted by molar-refractivity contribution is -0.136. The normalized spacial score (nSPS) is 12.2. The van der Waals surface area contributed by atoms with Gasteiger partial charge >= 0.3 is 5.97 Å². The van der Waals surface area contributed by atoms with Crippen molar-refractivity contribution < 1.29 is 14.7 Å². The summed E-state index contributed by atoms with van der Waals surface area (Å²) in [4.78, 5) is 22.9. The molecule has 1 aromatic carbocycles. The molecule has 116 valence electrons. The van der Waals surface area contributed by atoms with Gasteiger partial charge in [-0.15, -0.1) is 0 Å². The molecule has 0 spiro atoms. The number of amides is 1. The summed E-state index contributed by atoms with van der Waals surface area (Å²) in [6, 6.07) is 6.96. The number of nitrogens with one attached hydrogen (secondary N) is 1. The molecule has 0 saturated heterocycles. The van der Waals surface area contributed by atoms with E-state index in [1.807, 2.05) is 0 Å². The summed E-state index contributed by atoms with van der Waals surface area (Å²) in [5.41, 5.74) is 6.86. The van der Waals surface area contributed by atoms with Crippen molar-refractivity contribution in [3.63, 3.8) is 0 Å². The Morgan fingerprint density at radius 2 is 1.95 bits per heavy atom. The van der Waals surface area contributed by atoms with Crippen LogP contribution in [-0.2, 0) is 16.0 Å². The molecule has 5 nitrogen and oxygen atoms in total. The standard InChI is InChI=1S/C16H24N2O3/c1-11(2)7-12(10-17)8-15(19)18-14-6-4-3-5-13(14)9-16(20)21/h3-6,11-12H,7-10,17H2,1-2H3,(H,18,19)(H,20,21)/t12-/m0/s1. The van der Waals surface area contributed by atoms with Gasteiger partial charge in [-0.25, -0.2) is 0 Å². The van der Waals surface area contributed by atoms with E-state index >= 15 is 0 Å². The average molecular weight is 292 g/mol. The van der Waals surface area contributed by atoms with Crippen molar-refractivity contribution in [1.29, 1.82) is 0 Å². The Bertz CT molecular complexity index is 486. The number of hydrogen-bond donors (Lipinski definition) is 3. The quantitative estimate of drug-likeness (QED) is 0.685. The molecule has 0 aliphatic rings. The number of nitrogens with two attached hydrogens (primary N) is 1. The van der Waals surface area contributed by atoms with Crippen molar-refractivity contribution in [1.82, 2.24) is 0 Å². The van der Waals surface area contributed by atoms with Crippen molar-refractivity contribution in [3.05, 3.63) is 29.8 Å². The topological polar surface area (TPSA) is 92.4 Å². The summed E-state index contributed by atoms with van der Waals surface area (Å²) < 4.78 is 0. The second kappa shape index (κ2) is 8.42. The van der Waals surface area contributed by atoms with Gasteiger partial charge in [0.05, 0.1) is 6.42 Å². The monoisotopic (exact) mass is 292 g/mol. The molecule has 0 saturated carbocycles. The Kier molecular flexibility index (Phi) is 6.88. The van der Waals surface area contributed by atoms with Gasteiger partial charge in [0.25, 0.3) is 0 Å². The minimum absolute atomic E-state index is 0.108. The van der Waals surface area contributed by atoms with Gasteiger partial charge in [-0.05, 0) is 36.4 Å². The molecule has 0 bridgehead atoms. The maximum atomic E-state index is 12.1. The second-order valence-electron chi connectivity index (χ2n) is 5.71. The molecule has 4 N–H and O–H groups in total. The zero-order valence-electron chi connectivity index (χ0n) is 12.6. The van der Waals surface area contributed by atoms with E-state index in [1.165, 1.54) is 0 Å². The van der Waals surface area contributed by atoms with E-state index in [9.17, 15) is 9.59 Å². The molecule has 0 unspecified atom stereocenters. The molecule has 0 aliphatic heterocycles. The van der Waals surface area contributed by atoms with Gasteiger partial charge in [0.1, 0.15) is 0 Å². The van der Waals surface area contributed by atoms with Crippen LogP contribution < -0.4 is 11.1 Å². The van der Waals surface area contributed by atoms with Crippen molar-refractivity contribution in [2.75, 3.05) is 11.9 Å². The smallest absolute Gasteiger partial charge is 0.307 e. The first-order valence-electron chi connectivity index (χ1n) is 7.22. The maximum absolute atomic E-state index is 12.1. The highest BCUT2D eigenvalue weighted by atomic mass is 16.4. The second-order valence-corrected chi connectivity index (χ2v) is 5.71. The van der Waals surface area contributed by atoms with Crippen molar-refractivity contribution in [2.45, 2.75) is 33.1 Å². The van der Waals surface area contributed by atoms with Crippen LogP contribution in [0.25, 0.3) is 0 Å². The van der Waals surface area contributed by atoms with E-state index in [-0.39, 0.29) is 18.2 Å². The molecular weight excluding hydrogens is 268 g/mol. The largest absolute Gasteiger partial charge is 0.481 e. The zero-order valence-corrected chi connectivity index (χ0v) is 12.6. The molecule has 0 aromatic heterocycles. The van der Waals surface area contributed by atoms with Crippen LogP contribution in [0, 0.1) is 11.8 Å². The predicted molar refractivity (Wildman–Crippen MR) is 83.0 cm³/mol. The number of anilines is 1. The lowest BCUT2D eigenvalue weighted by Crippen LogP contribution is -2.24. The average Bonchev–Trinajstić information content (AvgIpc) is 2.39. The molecule has 1 aromatic rings.